The molecule has 0 amide bonds. The Hall–Kier alpha value is -1.95. The SMILES string of the molecule is NS(=O)(=O)OC[C@H]1O[C@@H](c2csc3c(C[C@H]4CCc5ccccc54)ncnc23)C[C@@H]1O. The van der Waals surface area contributed by atoms with E-state index in [1.54, 1.807) is 17.7 Å². The van der Waals surface area contributed by atoms with Crippen LogP contribution in [0.3, 0.4) is 0 Å². The molecule has 2 aromatic heterocycles. The summed E-state index contributed by atoms with van der Waals surface area (Å²) >= 11 is 1.58. The number of rotatable bonds is 6. The van der Waals surface area contributed by atoms with Crippen LogP contribution in [0.4, 0.5) is 0 Å². The fourth-order valence-electron chi connectivity index (χ4n) is 4.62. The quantitative estimate of drug-likeness (QED) is 0.577. The lowest BCUT2D eigenvalue weighted by Crippen LogP contribution is -2.29. The molecule has 1 saturated heterocycles. The van der Waals surface area contributed by atoms with E-state index in [9.17, 15) is 13.5 Å². The fraction of sp³-hybridized carbons (Fsp3) is 0.429. The van der Waals surface area contributed by atoms with Gasteiger partial charge in [0.1, 0.15) is 12.4 Å². The van der Waals surface area contributed by atoms with Gasteiger partial charge in [0.15, 0.2) is 0 Å². The number of aromatic nitrogens is 2. The standard InChI is InChI=1S/C21H23N3O5S2/c22-31(26,27)28-9-19-17(25)8-18(29-19)15-10-30-21-16(23-11-24-20(15)21)7-13-6-5-12-3-1-2-4-14(12)13/h1-4,10-11,13,17-19,25H,5-9H2,(H2,22,26,27)/t13-,17+,18-,19-/m1/s1. The third-order valence-electron chi connectivity index (χ3n) is 6.12. The van der Waals surface area contributed by atoms with Gasteiger partial charge in [0, 0.05) is 12.0 Å². The van der Waals surface area contributed by atoms with Gasteiger partial charge in [-0.2, -0.15) is 8.42 Å². The molecular formula is C21H23N3O5S2. The van der Waals surface area contributed by atoms with Gasteiger partial charge in [-0.1, -0.05) is 24.3 Å². The van der Waals surface area contributed by atoms with Crippen LogP contribution in [0, 0.1) is 0 Å². The van der Waals surface area contributed by atoms with E-state index in [1.807, 2.05) is 5.38 Å². The fourth-order valence-corrected chi connectivity index (χ4v) is 6.01. The molecule has 3 heterocycles. The van der Waals surface area contributed by atoms with Gasteiger partial charge in [0.2, 0.25) is 0 Å². The van der Waals surface area contributed by atoms with Crippen molar-refractivity contribution in [1.29, 1.82) is 0 Å². The zero-order valence-electron chi connectivity index (χ0n) is 16.7. The predicted molar refractivity (Wildman–Crippen MR) is 116 cm³/mol. The van der Waals surface area contributed by atoms with Crippen LogP contribution in [0.2, 0.25) is 0 Å². The van der Waals surface area contributed by atoms with E-state index in [-0.39, 0.29) is 6.61 Å². The Morgan fingerprint density at radius 2 is 2.10 bits per heavy atom. The third kappa shape index (κ3) is 4.23. The monoisotopic (exact) mass is 461 g/mol. The van der Waals surface area contributed by atoms with Crippen molar-refractivity contribution < 1.29 is 22.4 Å². The second kappa shape index (κ2) is 8.19. The second-order valence-electron chi connectivity index (χ2n) is 8.07. The van der Waals surface area contributed by atoms with Crippen LogP contribution < -0.4 is 5.14 Å². The summed E-state index contributed by atoms with van der Waals surface area (Å²) in [6, 6.07) is 8.59. The van der Waals surface area contributed by atoms with Crippen LogP contribution in [0.5, 0.6) is 0 Å². The van der Waals surface area contributed by atoms with Crippen LogP contribution in [0.1, 0.15) is 47.2 Å². The molecule has 10 heteroatoms. The Bertz CT molecular complexity index is 1210. The maximum Gasteiger partial charge on any atom is 0.333 e. The molecule has 0 saturated carbocycles. The number of nitrogens with two attached hydrogens (primary N) is 1. The first-order valence-corrected chi connectivity index (χ1v) is 12.5. The van der Waals surface area contributed by atoms with Gasteiger partial charge < -0.3 is 9.84 Å². The van der Waals surface area contributed by atoms with Gasteiger partial charge in [-0.15, -0.1) is 11.3 Å². The van der Waals surface area contributed by atoms with Crippen LogP contribution in [-0.4, -0.2) is 42.3 Å². The Morgan fingerprint density at radius 3 is 2.94 bits per heavy atom. The van der Waals surface area contributed by atoms with E-state index in [1.165, 1.54) is 11.1 Å². The maximum absolute atomic E-state index is 11.0. The van der Waals surface area contributed by atoms with Gasteiger partial charge in [0.05, 0.1) is 34.7 Å². The summed E-state index contributed by atoms with van der Waals surface area (Å²) in [7, 11) is -4.09. The molecule has 1 aliphatic carbocycles. The number of fused-ring (bicyclic) bond motifs is 2. The van der Waals surface area contributed by atoms with Gasteiger partial charge in [-0.3, -0.25) is 4.18 Å². The molecule has 3 N–H and O–H groups in total. The molecule has 3 aromatic rings. The summed E-state index contributed by atoms with van der Waals surface area (Å²) in [6.45, 7) is -0.320. The Balaban J connectivity index is 1.37. The average molecular weight is 462 g/mol. The summed E-state index contributed by atoms with van der Waals surface area (Å²) in [5.74, 6) is 0.448. The first kappa shape index (κ1) is 20.9. The Morgan fingerprint density at radius 1 is 1.26 bits per heavy atom. The highest BCUT2D eigenvalue weighted by Gasteiger charge is 2.37. The van der Waals surface area contributed by atoms with E-state index < -0.39 is 28.6 Å². The van der Waals surface area contributed by atoms with Crippen LogP contribution >= 0.6 is 11.3 Å². The van der Waals surface area contributed by atoms with Crippen molar-refractivity contribution in [3.63, 3.8) is 0 Å². The number of ether oxygens (including phenoxy) is 1. The van der Waals surface area contributed by atoms with Gasteiger partial charge in [0.25, 0.3) is 0 Å². The van der Waals surface area contributed by atoms with E-state index in [0.717, 1.165) is 40.7 Å². The molecule has 2 aliphatic rings. The van der Waals surface area contributed by atoms with E-state index in [4.69, 9.17) is 9.88 Å². The highest BCUT2D eigenvalue weighted by molar-refractivity contribution is 7.84. The number of aryl methyl sites for hydroxylation is 1. The minimum absolute atomic E-state index is 0.320. The van der Waals surface area contributed by atoms with Crippen molar-refractivity contribution in [3.05, 3.63) is 58.4 Å². The highest BCUT2D eigenvalue weighted by atomic mass is 32.2. The van der Waals surface area contributed by atoms with Crippen molar-refractivity contribution in [2.24, 2.45) is 5.14 Å². The molecule has 4 atom stereocenters. The van der Waals surface area contributed by atoms with Gasteiger partial charge in [-0.05, 0) is 41.7 Å². The molecule has 164 valence electrons. The minimum Gasteiger partial charge on any atom is -0.390 e. The first-order chi connectivity index (χ1) is 14.9. The lowest BCUT2D eigenvalue weighted by Gasteiger charge is -2.14. The number of aliphatic hydroxyl groups excluding tert-OH is 1. The molecule has 1 aromatic carbocycles. The summed E-state index contributed by atoms with van der Waals surface area (Å²) in [4.78, 5) is 9.07. The van der Waals surface area contributed by atoms with E-state index in [2.05, 4.69) is 38.4 Å². The zero-order chi connectivity index (χ0) is 21.6. The molecule has 0 spiro atoms. The average Bonchev–Trinajstić information content (AvgIpc) is 3.43. The van der Waals surface area contributed by atoms with Gasteiger partial charge in [-0.25, -0.2) is 15.1 Å². The molecule has 1 aliphatic heterocycles. The zero-order valence-corrected chi connectivity index (χ0v) is 18.3. The smallest absolute Gasteiger partial charge is 0.333 e. The molecule has 5 rings (SSSR count). The molecule has 0 radical (unpaired) electrons. The highest BCUT2D eigenvalue weighted by Crippen LogP contribution is 2.41. The van der Waals surface area contributed by atoms with Crippen LogP contribution in [0.25, 0.3) is 10.2 Å². The minimum atomic E-state index is -4.09. The number of hydrogen-bond donors (Lipinski definition) is 2. The van der Waals surface area contributed by atoms with Crippen molar-refractivity contribution in [3.8, 4) is 0 Å². The molecule has 8 nitrogen and oxygen atoms in total. The topological polar surface area (TPSA) is 125 Å². The Labute approximate surface area is 184 Å². The maximum atomic E-state index is 11.0. The van der Waals surface area contributed by atoms with Crippen molar-refractivity contribution in [2.75, 3.05) is 6.61 Å². The molecular weight excluding hydrogens is 438 g/mol. The predicted octanol–water partition coefficient (Wildman–Crippen LogP) is 2.37. The van der Waals surface area contributed by atoms with Crippen molar-refractivity contribution in [2.45, 2.75) is 49.9 Å². The summed E-state index contributed by atoms with van der Waals surface area (Å²) in [5.41, 5.74) is 5.56. The largest absolute Gasteiger partial charge is 0.390 e. The van der Waals surface area contributed by atoms with Crippen LogP contribution in [0.15, 0.2) is 36.0 Å². The lowest BCUT2D eigenvalue weighted by atomic mass is 9.95. The number of thiophene rings is 1. The third-order valence-corrected chi connectivity index (χ3v) is 7.62. The molecule has 0 unspecified atom stereocenters. The number of benzene rings is 1. The van der Waals surface area contributed by atoms with Gasteiger partial charge >= 0.3 is 10.3 Å². The number of hydrogen-bond acceptors (Lipinski definition) is 8. The molecule has 31 heavy (non-hydrogen) atoms. The van der Waals surface area contributed by atoms with E-state index >= 15 is 0 Å². The van der Waals surface area contributed by atoms with Crippen molar-refractivity contribution >= 4 is 31.9 Å². The summed E-state index contributed by atoms with van der Waals surface area (Å²) in [6.07, 6.45) is 2.98. The molecule has 0 bridgehead atoms. The van der Waals surface area contributed by atoms with Crippen LogP contribution in [-0.2, 0) is 32.1 Å². The molecule has 1 fully saturated rings. The summed E-state index contributed by atoms with van der Waals surface area (Å²) in [5, 5.41) is 17.2. The van der Waals surface area contributed by atoms with E-state index in [0.29, 0.717) is 12.3 Å². The normalized spacial score (nSPS) is 25.9. The number of nitrogens with zero attached hydrogens (tertiary/aromatic N) is 2. The first-order valence-electron chi connectivity index (χ1n) is 10.2. The lowest BCUT2D eigenvalue weighted by molar-refractivity contribution is -0.0148. The number of aliphatic hydroxyl groups is 1. The second-order valence-corrected chi connectivity index (χ2v) is 10.2. The van der Waals surface area contributed by atoms with Crippen molar-refractivity contribution in [1.82, 2.24) is 9.97 Å². The Kier molecular flexibility index (Phi) is 5.53. The summed E-state index contributed by atoms with van der Waals surface area (Å²) < 4.78 is 33.6.